The number of aryl methyl sites for hydroxylation is 1. The number of benzene rings is 3. The van der Waals surface area contributed by atoms with Crippen molar-refractivity contribution >= 4 is 54.1 Å². The lowest BCUT2D eigenvalue weighted by molar-refractivity contribution is 0.479. The monoisotopic (exact) mass is 525 g/mol. The molecule has 1 aromatic heterocycles. The predicted molar refractivity (Wildman–Crippen MR) is 127 cm³/mol. The second kappa shape index (κ2) is 8.66. The lowest BCUT2D eigenvalue weighted by atomic mass is 10.2. The predicted octanol–water partition coefficient (Wildman–Crippen LogP) is 5.80. The van der Waals surface area contributed by atoms with Crippen molar-refractivity contribution in [1.29, 1.82) is 0 Å². The number of rotatable bonds is 6. The summed E-state index contributed by atoms with van der Waals surface area (Å²) >= 11 is 12.4. The molecule has 0 atom stereocenters. The van der Waals surface area contributed by atoms with E-state index in [1.165, 1.54) is 18.3 Å². The maximum Gasteiger partial charge on any atom is 0.269 e. The van der Waals surface area contributed by atoms with Crippen LogP contribution in [0, 0.1) is 6.92 Å². The van der Waals surface area contributed by atoms with Crippen molar-refractivity contribution in [3.63, 3.8) is 0 Å². The molecule has 0 unspecified atom stereocenters. The summed E-state index contributed by atoms with van der Waals surface area (Å²) in [6.07, 6.45) is 1.42. The minimum atomic E-state index is -4.26. The Morgan fingerprint density at radius 2 is 1.58 bits per heavy atom. The first-order valence-corrected chi connectivity index (χ1v) is 13.3. The van der Waals surface area contributed by atoms with Crippen LogP contribution in [0.1, 0.15) is 11.1 Å². The van der Waals surface area contributed by atoms with Crippen LogP contribution in [0.5, 0.6) is 11.5 Å². The quantitative estimate of drug-likeness (QED) is 0.307. The van der Waals surface area contributed by atoms with E-state index in [0.717, 1.165) is 5.56 Å². The molecule has 4 rings (SSSR count). The van der Waals surface area contributed by atoms with Crippen LogP contribution in [-0.2, 0) is 25.7 Å². The highest BCUT2D eigenvalue weighted by molar-refractivity contribution is 7.91. The summed E-state index contributed by atoms with van der Waals surface area (Å²) in [5.74, 6) is -0.313. The van der Waals surface area contributed by atoms with Gasteiger partial charge in [-0.2, -0.15) is 8.42 Å². The van der Waals surface area contributed by atoms with E-state index in [-0.39, 0.29) is 36.9 Å². The lowest BCUT2D eigenvalue weighted by Gasteiger charge is -2.12. The zero-order chi connectivity index (χ0) is 24.0. The molecule has 4 aromatic rings. The summed E-state index contributed by atoms with van der Waals surface area (Å²) < 4.78 is 63.4. The Kier molecular flexibility index (Phi) is 6.19. The van der Waals surface area contributed by atoms with Gasteiger partial charge in [0.25, 0.3) is 10.1 Å². The largest absolute Gasteiger partial charge is 0.454 e. The van der Waals surface area contributed by atoms with Crippen LogP contribution < -0.4 is 4.74 Å². The number of ether oxygens (including phenoxy) is 1. The van der Waals surface area contributed by atoms with Gasteiger partial charge in [-0.1, -0.05) is 40.9 Å². The fourth-order valence-electron chi connectivity index (χ4n) is 3.33. The average Bonchev–Trinajstić information content (AvgIpc) is 3.14. The molecule has 0 fully saturated rings. The maximum absolute atomic E-state index is 13.2. The summed E-state index contributed by atoms with van der Waals surface area (Å²) in [6.45, 7) is 1.87. The molecule has 0 aliphatic heterocycles. The van der Waals surface area contributed by atoms with Gasteiger partial charge in [0.05, 0.1) is 19.8 Å². The second-order valence-corrected chi connectivity index (χ2v) is 11.6. The number of hydrogen-bond donors (Lipinski definition) is 2. The summed E-state index contributed by atoms with van der Waals surface area (Å²) in [4.78, 5) is 3.21. The molecule has 33 heavy (non-hydrogen) atoms. The normalized spacial score (nSPS) is 12.2. The summed E-state index contributed by atoms with van der Waals surface area (Å²) in [7, 11) is -8.05. The first kappa shape index (κ1) is 23.6. The first-order chi connectivity index (χ1) is 15.4. The molecular formula is C22H17Cl2NO6S2. The standard InChI is InChI=1S/C22H17Cl2NO6S2/c1-13-2-5-16(6-3-13)33(29,30)21-11-25-20-7-4-15(10-17(20)21)31-22-18(23)8-14(9-19(22)24)12-32(26,27)28/h2-11,25H,12H2,1H3,(H,26,27,28). The zero-order valence-corrected chi connectivity index (χ0v) is 20.2. The van der Waals surface area contributed by atoms with Crippen molar-refractivity contribution in [2.75, 3.05) is 0 Å². The van der Waals surface area contributed by atoms with E-state index < -0.39 is 25.7 Å². The van der Waals surface area contributed by atoms with Crippen molar-refractivity contribution in [3.05, 3.63) is 82.0 Å². The van der Waals surface area contributed by atoms with Crippen molar-refractivity contribution in [2.24, 2.45) is 0 Å². The molecule has 2 N–H and O–H groups in total. The van der Waals surface area contributed by atoms with Crippen LogP contribution >= 0.6 is 23.2 Å². The number of aromatic amines is 1. The van der Waals surface area contributed by atoms with Crippen molar-refractivity contribution in [1.82, 2.24) is 4.98 Å². The van der Waals surface area contributed by atoms with E-state index in [2.05, 4.69) is 4.98 Å². The number of H-pyrrole nitrogens is 1. The highest BCUT2D eigenvalue weighted by atomic mass is 35.5. The Bertz CT molecular complexity index is 1550. The molecular weight excluding hydrogens is 509 g/mol. The molecule has 7 nitrogen and oxygen atoms in total. The van der Waals surface area contributed by atoms with Gasteiger partial charge in [-0.3, -0.25) is 4.55 Å². The van der Waals surface area contributed by atoms with Gasteiger partial charge in [0.2, 0.25) is 9.84 Å². The van der Waals surface area contributed by atoms with Crippen LogP contribution in [0.3, 0.4) is 0 Å². The Balaban J connectivity index is 1.72. The molecule has 0 bridgehead atoms. The highest BCUT2D eigenvalue weighted by Crippen LogP contribution is 2.39. The summed E-state index contributed by atoms with van der Waals surface area (Å²) in [5.41, 5.74) is 1.72. The lowest BCUT2D eigenvalue weighted by Crippen LogP contribution is -2.02. The molecule has 0 spiro atoms. The topological polar surface area (TPSA) is 114 Å². The highest BCUT2D eigenvalue weighted by Gasteiger charge is 2.22. The van der Waals surface area contributed by atoms with Crippen molar-refractivity contribution in [3.8, 4) is 11.5 Å². The van der Waals surface area contributed by atoms with Gasteiger partial charge in [-0.05, 0) is 55.0 Å². The summed E-state index contributed by atoms with van der Waals surface area (Å²) in [5, 5.41) is 0.481. The third-order valence-corrected chi connectivity index (χ3v) is 7.93. The number of halogens is 2. The molecule has 0 aliphatic rings. The molecule has 0 saturated heterocycles. The Labute approximate surface area is 200 Å². The third kappa shape index (κ3) is 5.02. The SMILES string of the molecule is Cc1ccc(S(=O)(=O)c2c[nH]c3ccc(Oc4c(Cl)cc(CS(=O)(=O)O)cc4Cl)cc23)cc1. The van der Waals surface area contributed by atoms with Gasteiger partial charge in [0, 0.05) is 17.1 Å². The first-order valence-electron chi connectivity index (χ1n) is 9.48. The number of nitrogens with one attached hydrogen (secondary N) is 1. The fourth-order valence-corrected chi connectivity index (χ4v) is 5.94. The van der Waals surface area contributed by atoms with E-state index in [1.54, 1.807) is 42.5 Å². The average molecular weight is 526 g/mol. The smallest absolute Gasteiger partial charge is 0.269 e. The van der Waals surface area contributed by atoms with E-state index in [4.69, 9.17) is 32.5 Å². The molecule has 0 amide bonds. The van der Waals surface area contributed by atoms with E-state index in [9.17, 15) is 16.8 Å². The van der Waals surface area contributed by atoms with Gasteiger partial charge < -0.3 is 9.72 Å². The van der Waals surface area contributed by atoms with Crippen LogP contribution in [0.2, 0.25) is 10.0 Å². The number of hydrogen-bond acceptors (Lipinski definition) is 5. The Hall–Kier alpha value is -2.56. The van der Waals surface area contributed by atoms with Gasteiger partial charge in [-0.15, -0.1) is 0 Å². The van der Waals surface area contributed by atoms with Crippen LogP contribution in [0.15, 0.2) is 70.6 Å². The molecule has 3 aromatic carbocycles. The van der Waals surface area contributed by atoms with Gasteiger partial charge in [0.1, 0.15) is 11.5 Å². The molecule has 1 heterocycles. The van der Waals surface area contributed by atoms with E-state index >= 15 is 0 Å². The minimum Gasteiger partial charge on any atom is -0.454 e. The third-order valence-electron chi connectivity index (χ3n) is 4.86. The Morgan fingerprint density at radius 1 is 0.939 bits per heavy atom. The van der Waals surface area contributed by atoms with E-state index in [1.807, 2.05) is 6.92 Å². The van der Waals surface area contributed by atoms with Crippen molar-refractivity contribution in [2.45, 2.75) is 22.5 Å². The summed E-state index contributed by atoms with van der Waals surface area (Å²) in [6, 6.07) is 14.0. The van der Waals surface area contributed by atoms with Crippen LogP contribution in [-0.4, -0.2) is 26.4 Å². The van der Waals surface area contributed by atoms with Crippen molar-refractivity contribution < 1.29 is 26.1 Å². The number of fused-ring (bicyclic) bond motifs is 1. The minimum absolute atomic E-state index is 0.0304. The van der Waals surface area contributed by atoms with Crippen LogP contribution in [0.4, 0.5) is 0 Å². The van der Waals surface area contributed by atoms with Gasteiger partial charge in [0.15, 0.2) is 5.75 Å². The zero-order valence-electron chi connectivity index (χ0n) is 17.0. The van der Waals surface area contributed by atoms with Crippen LogP contribution in [0.25, 0.3) is 10.9 Å². The molecule has 0 saturated carbocycles. The molecule has 0 radical (unpaired) electrons. The molecule has 0 aliphatic carbocycles. The maximum atomic E-state index is 13.2. The van der Waals surface area contributed by atoms with Gasteiger partial charge in [-0.25, -0.2) is 8.42 Å². The molecule has 172 valence electrons. The molecule has 11 heteroatoms. The Morgan fingerprint density at radius 3 is 2.18 bits per heavy atom. The van der Waals surface area contributed by atoms with E-state index in [0.29, 0.717) is 10.9 Å². The fraction of sp³-hybridized carbons (Fsp3) is 0.0909. The number of aromatic nitrogens is 1. The number of sulfone groups is 1. The van der Waals surface area contributed by atoms with Gasteiger partial charge >= 0.3 is 0 Å². The second-order valence-electron chi connectivity index (χ2n) is 7.39.